The molecule has 0 unspecified atom stereocenters. The molecule has 0 saturated carbocycles. The van der Waals surface area contributed by atoms with Crippen LogP contribution in [0.25, 0.3) is 11.1 Å². The van der Waals surface area contributed by atoms with Gasteiger partial charge in [0.25, 0.3) is 5.91 Å². The number of nitrogens with zero attached hydrogens (tertiary/aromatic N) is 2. The van der Waals surface area contributed by atoms with E-state index in [1.807, 2.05) is 69.3 Å². The van der Waals surface area contributed by atoms with Gasteiger partial charge in [-0.3, -0.25) is 4.79 Å². The molecule has 1 aliphatic heterocycles. The van der Waals surface area contributed by atoms with Gasteiger partial charge in [-0.25, -0.2) is 4.79 Å². The highest BCUT2D eigenvalue weighted by atomic mass is 16.5. The highest BCUT2D eigenvalue weighted by Crippen LogP contribution is 2.31. The molecule has 3 rings (SSSR count). The van der Waals surface area contributed by atoms with E-state index in [9.17, 15) is 14.7 Å². The number of likely N-dealkylation sites (N-methyl/N-ethyl adjacent to an activating group) is 1. The van der Waals surface area contributed by atoms with E-state index in [4.69, 9.17) is 4.74 Å². The molecule has 7 nitrogen and oxygen atoms in total. The molecule has 7 heteroatoms. The standard InChI is InChI=1S/C29H41N3O4/c1-19(2)22(5)30-29(35)31(6)16-27-20(3)15-32(21(4)17-33)28(34)26-14-10-9-13-25(26)24-12-8-7-11-23(24)18-36-27/h7-14,19-22,27,33H,15-18H2,1-6H3,(H,30,35)/t20-,21-,22-,27-/m1/s1. The van der Waals surface area contributed by atoms with Gasteiger partial charge in [0.2, 0.25) is 0 Å². The molecule has 2 N–H and O–H groups in total. The minimum absolute atomic E-state index is 0.0507. The minimum Gasteiger partial charge on any atom is -0.394 e. The summed E-state index contributed by atoms with van der Waals surface area (Å²) in [4.78, 5) is 30.1. The van der Waals surface area contributed by atoms with Gasteiger partial charge in [0.15, 0.2) is 0 Å². The van der Waals surface area contributed by atoms with Gasteiger partial charge < -0.3 is 25.0 Å². The molecule has 2 aromatic carbocycles. The Morgan fingerprint density at radius 1 is 1.08 bits per heavy atom. The summed E-state index contributed by atoms with van der Waals surface area (Å²) in [6, 6.07) is 15.1. The molecule has 0 fully saturated rings. The Bertz CT molecular complexity index is 1040. The molecule has 2 aromatic rings. The normalized spacial score (nSPS) is 20.1. The number of rotatable bonds is 6. The lowest BCUT2D eigenvalue weighted by atomic mass is 9.94. The Kier molecular flexibility index (Phi) is 9.51. The zero-order valence-electron chi connectivity index (χ0n) is 22.4. The smallest absolute Gasteiger partial charge is 0.317 e. The molecule has 36 heavy (non-hydrogen) atoms. The van der Waals surface area contributed by atoms with Gasteiger partial charge in [0.05, 0.1) is 25.4 Å². The van der Waals surface area contributed by atoms with Gasteiger partial charge in [0, 0.05) is 37.7 Å². The number of carbonyl (C=O) groups excluding carboxylic acids is 2. The molecular formula is C29H41N3O4. The lowest BCUT2D eigenvalue weighted by molar-refractivity contribution is -0.0185. The van der Waals surface area contributed by atoms with E-state index in [1.165, 1.54) is 0 Å². The number of fused-ring (bicyclic) bond motifs is 3. The van der Waals surface area contributed by atoms with Crippen molar-refractivity contribution in [2.45, 2.75) is 59.4 Å². The zero-order valence-corrected chi connectivity index (χ0v) is 22.4. The third-order valence-corrected chi connectivity index (χ3v) is 7.25. The van der Waals surface area contributed by atoms with E-state index in [2.05, 4.69) is 19.2 Å². The van der Waals surface area contributed by atoms with Gasteiger partial charge in [0.1, 0.15) is 0 Å². The summed E-state index contributed by atoms with van der Waals surface area (Å²) >= 11 is 0. The fourth-order valence-corrected chi connectivity index (χ4v) is 4.38. The van der Waals surface area contributed by atoms with Gasteiger partial charge in [-0.1, -0.05) is 63.2 Å². The molecule has 0 radical (unpaired) electrons. The number of urea groups is 1. The second-order valence-corrected chi connectivity index (χ2v) is 10.4. The fourth-order valence-electron chi connectivity index (χ4n) is 4.38. The van der Waals surface area contributed by atoms with Crippen molar-refractivity contribution in [3.8, 4) is 11.1 Å². The maximum absolute atomic E-state index is 13.8. The molecule has 0 saturated heterocycles. The minimum atomic E-state index is -0.363. The van der Waals surface area contributed by atoms with Crippen molar-refractivity contribution in [3.05, 3.63) is 59.7 Å². The molecule has 196 valence electrons. The molecular weight excluding hydrogens is 454 g/mol. The van der Waals surface area contributed by atoms with Crippen LogP contribution in [0.1, 0.15) is 50.5 Å². The first-order chi connectivity index (χ1) is 17.1. The van der Waals surface area contributed by atoms with E-state index >= 15 is 0 Å². The molecule has 0 bridgehead atoms. The average molecular weight is 496 g/mol. The predicted octanol–water partition coefficient (Wildman–Crippen LogP) is 4.40. The first-order valence-electron chi connectivity index (χ1n) is 12.9. The second-order valence-electron chi connectivity index (χ2n) is 10.4. The first-order valence-corrected chi connectivity index (χ1v) is 12.9. The van der Waals surface area contributed by atoms with Crippen LogP contribution in [0.2, 0.25) is 0 Å². The Balaban J connectivity index is 1.97. The van der Waals surface area contributed by atoms with Gasteiger partial charge in [-0.2, -0.15) is 0 Å². The van der Waals surface area contributed by atoms with Crippen LogP contribution in [-0.4, -0.2) is 71.8 Å². The van der Waals surface area contributed by atoms with Crippen LogP contribution in [0.4, 0.5) is 4.79 Å². The van der Waals surface area contributed by atoms with Gasteiger partial charge in [-0.05, 0) is 42.5 Å². The summed E-state index contributed by atoms with van der Waals surface area (Å²) in [5, 5.41) is 13.0. The SMILES string of the molecule is CC(C)[C@@H](C)NC(=O)N(C)C[C@H]1OCc2ccccc2-c2ccccc2C(=O)N([C@H](C)CO)C[C@H]1C. The molecule has 3 amide bonds. The van der Waals surface area contributed by atoms with Crippen molar-refractivity contribution < 1.29 is 19.4 Å². The van der Waals surface area contributed by atoms with Crippen LogP contribution >= 0.6 is 0 Å². The molecule has 1 heterocycles. The van der Waals surface area contributed by atoms with Crippen LogP contribution in [0, 0.1) is 11.8 Å². The highest BCUT2D eigenvalue weighted by Gasteiger charge is 2.31. The maximum Gasteiger partial charge on any atom is 0.317 e. The largest absolute Gasteiger partial charge is 0.394 e. The van der Waals surface area contributed by atoms with Crippen molar-refractivity contribution in [1.29, 1.82) is 0 Å². The third kappa shape index (κ3) is 6.45. The topological polar surface area (TPSA) is 82.1 Å². The first kappa shape index (κ1) is 27.7. The van der Waals surface area contributed by atoms with Crippen LogP contribution in [0.3, 0.4) is 0 Å². The number of ether oxygens (including phenoxy) is 1. The number of carbonyl (C=O) groups is 2. The van der Waals surface area contributed by atoms with Crippen LogP contribution in [0.5, 0.6) is 0 Å². The summed E-state index contributed by atoms with van der Waals surface area (Å²) in [7, 11) is 1.77. The summed E-state index contributed by atoms with van der Waals surface area (Å²) in [6.45, 7) is 11.0. The third-order valence-electron chi connectivity index (χ3n) is 7.25. The summed E-state index contributed by atoms with van der Waals surface area (Å²) < 4.78 is 6.48. The van der Waals surface area contributed by atoms with Crippen molar-refractivity contribution in [2.24, 2.45) is 11.8 Å². The van der Waals surface area contributed by atoms with Crippen molar-refractivity contribution >= 4 is 11.9 Å². The van der Waals surface area contributed by atoms with E-state index in [0.717, 1.165) is 16.7 Å². The van der Waals surface area contributed by atoms with E-state index < -0.39 is 0 Å². The van der Waals surface area contributed by atoms with Crippen LogP contribution in [0.15, 0.2) is 48.5 Å². The fraction of sp³-hybridized carbons (Fsp3) is 0.517. The molecule has 1 aliphatic rings. The van der Waals surface area contributed by atoms with Crippen molar-refractivity contribution in [3.63, 3.8) is 0 Å². The van der Waals surface area contributed by atoms with E-state index in [0.29, 0.717) is 31.2 Å². The molecule has 0 spiro atoms. The van der Waals surface area contributed by atoms with Crippen molar-refractivity contribution in [2.75, 3.05) is 26.7 Å². The maximum atomic E-state index is 13.8. The zero-order chi connectivity index (χ0) is 26.4. The van der Waals surface area contributed by atoms with E-state index in [-0.39, 0.29) is 42.7 Å². The number of hydrogen-bond acceptors (Lipinski definition) is 4. The Labute approximate surface area is 215 Å². The number of benzene rings is 2. The summed E-state index contributed by atoms with van der Waals surface area (Å²) in [6.07, 6.45) is -0.314. The number of aliphatic hydroxyl groups is 1. The monoisotopic (exact) mass is 495 g/mol. The van der Waals surface area contributed by atoms with Crippen LogP contribution < -0.4 is 5.32 Å². The molecule has 4 atom stereocenters. The quantitative estimate of drug-likeness (QED) is 0.623. The Hall–Kier alpha value is -2.90. The lowest BCUT2D eigenvalue weighted by Gasteiger charge is -2.35. The summed E-state index contributed by atoms with van der Waals surface area (Å²) in [5.74, 6) is 0.122. The van der Waals surface area contributed by atoms with Crippen LogP contribution in [-0.2, 0) is 11.3 Å². The number of hydrogen-bond donors (Lipinski definition) is 2. The average Bonchev–Trinajstić information content (AvgIpc) is 2.89. The molecule has 0 aliphatic carbocycles. The number of aliphatic hydroxyl groups excluding tert-OH is 1. The Morgan fingerprint density at radius 3 is 2.33 bits per heavy atom. The Morgan fingerprint density at radius 2 is 1.69 bits per heavy atom. The second kappa shape index (κ2) is 12.4. The summed E-state index contributed by atoms with van der Waals surface area (Å²) in [5.41, 5.74) is 3.39. The highest BCUT2D eigenvalue weighted by molar-refractivity contribution is 6.01. The number of nitrogens with one attached hydrogen (secondary N) is 1. The number of amides is 3. The van der Waals surface area contributed by atoms with Crippen molar-refractivity contribution in [1.82, 2.24) is 15.1 Å². The van der Waals surface area contributed by atoms with Gasteiger partial charge >= 0.3 is 6.03 Å². The lowest BCUT2D eigenvalue weighted by Crippen LogP contribution is -2.50. The molecule has 0 aromatic heterocycles. The van der Waals surface area contributed by atoms with E-state index in [1.54, 1.807) is 16.8 Å². The van der Waals surface area contributed by atoms with Gasteiger partial charge in [-0.15, -0.1) is 0 Å². The predicted molar refractivity (Wildman–Crippen MR) is 143 cm³/mol.